The van der Waals surface area contributed by atoms with Crippen molar-refractivity contribution < 1.29 is 13.2 Å². The van der Waals surface area contributed by atoms with Gasteiger partial charge < -0.3 is 10.6 Å². The number of rotatable bonds is 9. The van der Waals surface area contributed by atoms with E-state index in [0.29, 0.717) is 22.2 Å². The predicted octanol–water partition coefficient (Wildman–Crippen LogP) is 2.63. The number of anilines is 1. The van der Waals surface area contributed by atoms with Crippen molar-refractivity contribution in [2.24, 2.45) is 0 Å². The minimum Gasteiger partial charge on any atom is -0.327 e. The molecular weight excluding hydrogens is 477 g/mol. The number of nitrogens with one attached hydrogen (secondary N) is 3. The molecule has 0 aliphatic rings. The maximum Gasteiger partial charge on any atom is 0.319 e. The van der Waals surface area contributed by atoms with Crippen molar-refractivity contribution in [1.29, 1.82) is 0 Å². The molecule has 10 nitrogen and oxygen atoms in total. The average molecular weight is 498 g/mol. The van der Waals surface area contributed by atoms with E-state index in [1.807, 2.05) is 12.1 Å². The summed E-state index contributed by atoms with van der Waals surface area (Å²) < 4.78 is 24.8. The van der Waals surface area contributed by atoms with Gasteiger partial charge in [-0.25, -0.2) is 17.9 Å². The van der Waals surface area contributed by atoms with Gasteiger partial charge in [0, 0.05) is 28.7 Å². The largest absolute Gasteiger partial charge is 0.327 e. The molecule has 1 atom stereocenters. The number of sulfonamides is 1. The number of halogens is 2. The number of hydrogen-bond acceptors (Lipinski definition) is 6. The third kappa shape index (κ3) is 7.75. The van der Waals surface area contributed by atoms with E-state index in [1.54, 1.807) is 36.4 Å². The van der Waals surface area contributed by atoms with E-state index in [-0.39, 0.29) is 18.9 Å². The molecular formula is C19H21Cl2N7O3S. The molecule has 0 aliphatic heterocycles. The van der Waals surface area contributed by atoms with Crippen molar-refractivity contribution in [3.05, 3.63) is 70.0 Å². The second kappa shape index (κ2) is 10.7. The molecule has 0 aliphatic carbocycles. The number of carbonyl (C=O) groups excluding carboxylic acids is 1. The highest BCUT2D eigenvalue weighted by Gasteiger charge is 2.21. The lowest BCUT2D eigenvalue weighted by atomic mass is 10.1. The van der Waals surface area contributed by atoms with E-state index < -0.39 is 22.1 Å². The third-order valence-electron chi connectivity index (χ3n) is 4.22. The number of urea groups is 1. The van der Waals surface area contributed by atoms with Crippen LogP contribution in [-0.2, 0) is 23.0 Å². The summed E-state index contributed by atoms with van der Waals surface area (Å²) in [6, 6.07) is 12.8. The summed E-state index contributed by atoms with van der Waals surface area (Å²) in [5.41, 5.74) is 1.47. The molecule has 13 heteroatoms. The van der Waals surface area contributed by atoms with Crippen LogP contribution in [0.25, 0.3) is 0 Å². The van der Waals surface area contributed by atoms with E-state index in [4.69, 9.17) is 23.2 Å². The zero-order valence-corrected chi connectivity index (χ0v) is 19.3. The number of carbonyl (C=O) groups is 1. The Bertz CT molecular complexity index is 1150. The maximum absolute atomic E-state index is 12.6. The minimum atomic E-state index is -3.32. The van der Waals surface area contributed by atoms with Crippen LogP contribution in [0.3, 0.4) is 0 Å². The fourth-order valence-electron chi connectivity index (χ4n) is 2.74. The van der Waals surface area contributed by atoms with Crippen molar-refractivity contribution in [1.82, 2.24) is 30.2 Å². The number of amides is 2. The van der Waals surface area contributed by atoms with Crippen molar-refractivity contribution in [2.45, 2.75) is 19.0 Å². The van der Waals surface area contributed by atoms with Crippen molar-refractivity contribution in [2.75, 3.05) is 18.1 Å². The van der Waals surface area contributed by atoms with Crippen molar-refractivity contribution in [3.8, 4) is 0 Å². The second-order valence-electron chi connectivity index (χ2n) is 6.90. The number of aromatic nitrogens is 4. The molecule has 3 rings (SSSR count). The van der Waals surface area contributed by atoms with E-state index >= 15 is 0 Å². The summed E-state index contributed by atoms with van der Waals surface area (Å²) >= 11 is 11.8. The molecule has 170 valence electrons. The van der Waals surface area contributed by atoms with Gasteiger partial charge in [-0.2, -0.15) is 4.80 Å². The Kier molecular flexibility index (Phi) is 8.02. The normalized spacial score (nSPS) is 12.3. The first-order valence-electron chi connectivity index (χ1n) is 9.48. The highest BCUT2D eigenvalue weighted by molar-refractivity contribution is 7.88. The molecule has 3 aromatic rings. The lowest BCUT2D eigenvalue weighted by molar-refractivity contribution is 0.248. The zero-order chi connectivity index (χ0) is 23.1. The molecule has 32 heavy (non-hydrogen) atoms. The van der Waals surface area contributed by atoms with Crippen LogP contribution >= 0.6 is 23.2 Å². The fraction of sp³-hybridized carbons (Fsp3) is 0.263. The average Bonchev–Trinajstić information content (AvgIpc) is 3.19. The van der Waals surface area contributed by atoms with Crippen molar-refractivity contribution in [3.63, 3.8) is 0 Å². The highest BCUT2D eigenvalue weighted by atomic mass is 35.5. The second-order valence-corrected chi connectivity index (χ2v) is 9.60. The van der Waals surface area contributed by atoms with Gasteiger partial charge in [-0.05, 0) is 47.2 Å². The first-order chi connectivity index (χ1) is 15.2. The molecule has 1 aromatic heterocycles. The van der Waals surface area contributed by atoms with E-state index in [9.17, 15) is 13.2 Å². The standard InChI is InChI=1S/C19H21Cl2N7O3S/c1-32(30,31)22-10-11-28-26-18(25-27-28)17(12-13-2-4-14(20)5-3-13)24-19(29)23-16-8-6-15(21)7-9-16/h2-9,17,22H,10-12H2,1H3,(H2,23,24,29)/t17-/m0/s1. The van der Waals surface area contributed by atoms with Crippen LogP contribution in [0.4, 0.5) is 10.5 Å². The number of nitrogens with zero attached hydrogens (tertiary/aromatic N) is 4. The monoisotopic (exact) mass is 497 g/mol. The summed E-state index contributed by atoms with van der Waals surface area (Å²) in [6.45, 7) is 0.297. The molecule has 0 saturated carbocycles. The third-order valence-corrected chi connectivity index (χ3v) is 5.45. The van der Waals surface area contributed by atoms with Crippen LogP contribution in [-0.4, -0.2) is 47.5 Å². The first kappa shape index (κ1) is 23.9. The van der Waals surface area contributed by atoms with Gasteiger partial charge in [0.25, 0.3) is 0 Å². The maximum atomic E-state index is 12.6. The van der Waals surface area contributed by atoms with Gasteiger partial charge in [0.2, 0.25) is 10.0 Å². The SMILES string of the molecule is CS(=O)(=O)NCCn1nnc([C@H](Cc2ccc(Cl)cc2)NC(=O)Nc2ccc(Cl)cc2)n1. The highest BCUT2D eigenvalue weighted by Crippen LogP contribution is 2.18. The van der Waals surface area contributed by atoms with Crippen LogP contribution in [0.15, 0.2) is 48.5 Å². The molecule has 0 bridgehead atoms. The Morgan fingerprint density at radius 3 is 2.31 bits per heavy atom. The molecule has 0 radical (unpaired) electrons. The summed E-state index contributed by atoms with van der Waals surface area (Å²) in [5.74, 6) is 0.283. The minimum absolute atomic E-state index is 0.112. The lowest BCUT2D eigenvalue weighted by Gasteiger charge is -2.16. The summed E-state index contributed by atoms with van der Waals surface area (Å²) in [5, 5.41) is 19.0. The number of tetrazole rings is 1. The van der Waals surface area contributed by atoms with Gasteiger partial charge in [0.15, 0.2) is 5.82 Å². The lowest BCUT2D eigenvalue weighted by Crippen LogP contribution is -2.34. The van der Waals surface area contributed by atoms with E-state index in [1.165, 1.54) is 4.80 Å². The Labute approximate surface area is 195 Å². The van der Waals surface area contributed by atoms with Crippen LogP contribution in [0.5, 0.6) is 0 Å². The van der Waals surface area contributed by atoms with Crippen molar-refractivity contribution >= 4 is 44.9 Å². The van der Waals surface area contributed by atoms with Gasteiger partial charge in [-0.1, -0.05) is 35.3 Å². The van der Waals surface area contributed by atoms with Gasteiger partial charge in [0.05, 0.1) is 18.8 Å². The van der Waals surface area contributed by atoms with Crippen LogP contribution in [0.1, 0.15) is 17.4 Å². The van der Waals surface area contributed by atoms with Crippen LogP contribution in [0, 0.1) is 0 Å². The molecule has 0 spiro atoms. The Hall–Kier alpha value is -2.73. The number of benzene rings is 2. The van der Waals surface area contributed by atoms with Crippen LogP contribution < -0.4 is 15.4 Å². The molecule has 0 unspecified atom stereocenters. The van der Waals surface area contributed by atoms with E-state index in [0.717, 1.165) is 11.8 Å². The van der Waals surface area contributed by atoms with Gasteiger partial charge in [-0.15, -0.1) is 10.2 Å². The van der Waals surface area contributed by atoms with Gasteiger partial charge >= 0.3 is 6.03 Å². The zero-order valence-electron chi connectivity index (χ0n) is 17.0. The Morgan fingerprint density at radius 1 is 1.06 bits per heavy atom. The van der Waals surface area contributed by atoms with E-state index in [2.05, 4.69) is 30.8 Å². The summed E-state index contributed by atoms with van der Waals surface area (Å²) in [6.07, 6.45) is 1.46. The quantitative estimate of drug-likeness (QED) is 0.416. The van der Waals surface area contributed by atoms with Crippen LogP contribution in [0.2, 0.25) is 10.0 Å². The smallest absolute Gasteiger partial charge is 0.319 e. The molecule has 1 heterocycles. The van der Waals surface area contributed by atoms with Gasteiger partial charge in [-0.3, -0.25) is 0 Å². The summed E-state index contributed by atoms with van der Waals surface area (Å²) in [7, 11) is -3.32. The molecule has 2 amide bonds. The first-order valence-corrected chi connectivity index (χ1v) is 12.1. The van der Waals surface area contributed by atoms with Gasteiger partial charge in [0.1, 0.15) is 0 Å². The summed E-state index contributed by atoms with van der Waals surface area (Å²) in [4.78, 5) is 13.8. The Balaban J connectivity index is 1.72. The predicted molar refractivity (Wildman–Crippen MR) is 122 cm³/mol. The topological polar surface area (TPSA) is 131 Å². The molecule has 2 aromatic carbocycles. The number of hydrogen-bond donors (Lipinski definition) is 3. The molecule has 0 fully saturated rings. The molecule has 0 saturated heterocycles. The molecule has 3 N–H and O–H groups in total. The Morgan fingerprint density at radius 2 is 1.69 bits per heavy atom. The fourth-order valence-corrected chi connectivity index (χ4v) is 3.46.